The van der Waals surface area contributed by atoms with Crippen LogP contribution in [0.4, 0.5) is 0 Å². The standard InChI is InChI=1S/C23H26O7/c1-13(24)30-19-8-6-15(10-21(19)27-4)23-17-12-28-22(16(17)11-29-23)14-5-7-18(25-2)20(9-14)26-3/h5-10,16-17,22-23H,11-12H2,1-4H3. The van der Waals surface area contributed by atoms with E-state index < -0.39 is 0 Å². The van der Waals surface area contributed by atoms with Crippen LogP contribution < -0.4 is 18.9 Å². The third kappa shape index (κ3) is 3.70. The Kier molecular flexibility index (Phi) is 5.83. The summed E-state index contributed by atoms with van der Waals surface area (Å²) in [5, 5.41) is 0. The highest BCUT2D eigenvalue weighted by Gasteiger charge is 2.48. The minimum absolute atomic E-state index is 0.0676. The Bertz CT molecular complexity index is 926. The number of methoxy groups -OCH3 is 3. The highest BCUT2D eigenvalue weighted by molar-refractivity contribution is 5.70. The molecule has 2 aliphatic rings. The predicted octanol–water partition coefficient (Wildman–Crippen LogP) is 3.71. The van der Waals surface area contributed by atoms with Crippen LogP contribution in [-0.2, 0) is 14.3 Å². The second-order valence-electron chi connectivity index (χ2n) is 7.45. The molecule has 2 fully saturated rings. The molecule has 0 spiro atoms. The summed E-state index contributed by atoms with van der Waals surface area (Å²) in [5.41, 5.74) is 2.03. The van der Waals surface area contributed by atoms with Crippen LogP contribution in [0.25, 0.3) is 0 Å². The molecule has 0 aromatic heterocycles. The number of fused-ring (bicyclic) bond motifs is 1. The van der Waals surface area contributed by atoms with Crippen LogP contribution in [0, 0.1) is 11.8 Å². The maximum absolute atomic E-state index is 11.3. The number of hydrogen-bond acceptors (Lipinski definition) is 7. The summed E-state index contributed by atoms with van der Waals surface area (Å²) in [6.07, 6.45) is -0.178. The lowest BCUT2D eigenvalue weighted by Crippen LogP contribution is -2.15. The predicted molar refractivity (Wildman–Crippen MR) is 108 cm³/mol. The molecule has 30 heavy (non-hydrogen) atoms. The summed E-state index contributed by atoms with van der Waals surface area (Å²) in [4.78, 5) is 11.3. The highest BCUT2D eigenvalue weighted by Crippen LogP contribution is 2.51. The number of ether oxygens (including phenoxy) is 6. The lowest BCUT2D eigenvalue weighted by Gasteiger charge is -2.18. The van der Waals surface area contributed by atoms with Gasteiger partial charge in [-0.25, -0.2) is 0 Å². The first kappa shape index (κ1) is 20.5. The van der Waals surface area contributed by atoms with Crippen molar-refractivity contribution in [1.82, 2.24) is 0 Å². The third-order valence-electron chi connectivity index (χ3n) is 5.77. The number of carbonyl (C=O) groups is 1. The van der Waals surface area contributed by atoms with Crippen molar-refractivity contribution in [3.05, 3.63) is 47.5 Å². The van der Waals surface area contributed by atoms with E-state index >= 15 is 0 Å². The fraction of sp³-hybridized carbons (Fsp3) is 0.435. The molecule has 0 aliphatic carbocycles. The Morgan fingerprint density at radius 3 is 1.70 bits per heavy atom. The molecule has 4 unspecified atom stereocenters. The van der Waals surface area contributed by atoms with Crippen molar-refractivity contribution in [2.24, 2.45) is 11.8 Å². The SMILES string of the molecule is COc1ccc(C2OCC3C(c4ccc(OC(C)=O)c(OC)c4)OCC23)cc1OC. The van der Waals surface area contributed by atoms with Gasteiger partial charge >= 0.3 is 5.97 Å². The molecule has 0 radical (unpaired) electrons. The van der Waals surface area contributed by atoms with Gasteiger partial charge in [-0.05, 0) is 35.4 Å². The maximum Gasteiger partial charge on any atom is 0.308 e. The average Bonchev–Trinajstić information content (AvgIpc) is 3.35. The Labute approximate surface area is 175 Å². The van der Waals surface area contributed by atoms with Crippen LogP contribution in [0.3, 0.4) is 0 Å². The first-order chi connectivity index (χ1) is 14.5. The largest absolute Gasteiger partial charge is 0.493 e. The molecular formula is C23H26O7. The molecule has 2 aromatic rings. The van der Waals surface area contributed by atoms with Gasteiger partial charge in [0, 0.05) is 18.8 Å². The van der Waals surface area contributed by atoms with Crippen molar-refractivity contribution in [1.29, 1.82) is 0 Å². The molecule has 0 amide bonds. The lowest BCUT2D eigenvalue weighted by atomic mass is 9.85. The van der Waals surface area contributed by atoms with Crippen LogP contribution in [0.2, 0.25) is 0 Å². The van der Waals surface area contributed by atoms with Crippen LogP contribution in [0.5, 0.6) is 23.0 Å². The number of rotatable bonds is 6. The Hall–Kier alpha value is -2.77. The first-order valence-corrected chi connectivity index (χ1v) is 9.87. The van der Waals surface area contributed by atoms with Crippen molar-refractivity contribution in [2.75, 3.05) is 34.5 Å². The molecule has 2 heterocycles. The van der Waals surface area contributed by atoms with Gasteiger partial charge in [-0.3, -0.25) is 4.79 Å². The second-order valence-corrected chi connectivity index (χ2v) is 7.45. The van der Waals surface area contributed by atoms with Gasteiger partial charge in [0.1, 0.15) is 0 Å². The average molecular weight is 414 g/mol. The van der Waals surface area contributed by atoms with Crippen LogP contribution in [0.15, 0.2) is 36.4 Å². The summed E-state index contributed by atoms with van der Waals surface area (Å²) in [7, 11) is 4.80. The zero-order valence-electron chi connectivity index (χ0n) is 17.5. The van der Waals surface area contributed by atoms with Crippen LogP contribution >= 0.6 is 0 Å². The van der Waals surface area contributed by atoms with Gasteiger partial charge in [-0.2, -0.15) is 0 Å². The summed E-state index contributed by atoms with van der Waals surface area (Å²) in [6.45, 7) is 2.56. The van der Waals surface area contributed by atoms with Gasteiger partial charge in [-0.1, -0.05) is 12.1 Å². The minimum Gasteiger partial charge on any atom is -0.493 e. The normalized spacial score (nSPS) is 24.9. The van der Waals surface area contributed by atoms with E-state index in [2.05, 4.69) is 0 Å². The zero-order valence-corrected chi connectivity index (χ0v) is 17.5. The highest BCUT2D eigenvalue weighted by atomic mass is 16.6. The quantitative estimate of drug-likeness (QED) is 0.527. The van der Waals surface area contributed by atoms with E-state index in [0.29, 0.717) is 36.2 Å². The van der Waals surface area contributed by atoms with E-state index in [-0.39, 0.29) is 30.0 Å². The molecule has 2 aliphatic heterocycles. The smallest absolute Gasteiger partial charge is 0.308 e. The Morgan fingerprint density at radius 2 is 1.23 bits per heavy atom. The molecule has 2 aromatic carbocycles. The topological polar surface area (TPSA) is 72.5 Å². The summed E-state index contributed by atoms with van der Waals surface area (Å²) < 4.78 is 33.8. The minimum atomic E-state index is -0.389. The number of esters is 1. The molecule has 0 bridgehead atoms. The van der Waals surface area contributed by atoms with Crippen molar-refractivity contribution < 1.29 is 33.2 Å². The van der Waals surface area contributed by atoms with Gasteiger partial charge in [-0.15, -0.1) is 0 Å². The molecule has 0 N–H and O–H groups in total. The van der Waals surface area contributed by atoms with Crippen molar-refractivity contribution in [3.63, 3.8) is 0 Å². The molecule has 0 saturated carbocycles. The number of benzene rings is 2. The van der Waals surface area contributed by atoms with E-state index in [9.17, 15) is 4.79 Å². The zero-order chi connectivity index (χ0) is 21.3. The maximum atomic E-state index is 11.3. The van der Waals surface area contributed by atoms with Gasteiger partial charge < -0.3 is 28.4 Å². The van der Waals surface area contributed by atoms with Gasteiger partial charge in [0.05, 0.1) is 46.8 Å². The van der Waals surface area contributed by atoms with E-state index in [1.54, 1.807) is 27.4 Å². The molecule has 2 saturated heterocycles. The molecule has 4 rings (SSSR count). The van der Waals surface area contributed by atoms with Crippen molar-refractivity contribution >= 4 is 5.97 Å². The van der Waals surface area contributed by atoms with Crippen LogP contribution in [0.1, 0.15) is 30.3 Å². The van der Waals surface area contributed by atoms with E-state index in [0.717, 1.165) is 11.1 Å². The van der Waals surface area contributed by atoms with E-state index in [1.807, 2.05) is 30.3 Å². The number of hydrogen-bond donors (Lipinski definition) is 0. The summed E-state index contributed by atoms with van der Waals surface area (Å²) >= 11 is 0. The Morgan fingerprint density at radius 1 is 0.767 bits per heavy atom. The fourth-order valence-electron chi connectivity index (χ4n) is 4.36. The molecular weight excluding hydrogens is 388 g/mol. The van der Waals surface area contributed by atoms with E-state index in [1.165, 1.54) is 6.92 Å². The Balaban J connectivity index is 1.55. The number of carbonyl (C=O) groups excluding carboxylic acids is 1. The molecule has 7 nitrogen and oxygen atoms in total. The van der Waals surface area contributed by atoms with Gasteiger partial charge in [0.15, 0.2) is 23.0 Å². The van der Waals surface area contributed by atoms with Crippen molar-refractivity contribution in [3.8, 4) is 23.0 Å². The lowest BCUT2D eigenvalue weighted by molar-refractivity contribution is -0.132. The molecule has 7 heteroatoms. The summed E-state index contributed by atoms with van der Waals surface area (Å²) in [6, 6.07) is 11.4. The van der Waals surface area contributed by atoms with Gasteiger partial charge in [0.25, 0.3) is 0 Å². The van der Waals surface area contributed by atoms with E-state index in [4.69, 9.17) is 28.4 Å². The van der Waals surface area contributed by atoms with Gasteiger partial charge in [0.2, 0.25) is 0 Å². The monoisotopic (exact) mass is 414 g/mol. The second kappa shape index (κ2) is 8.53. The third-order valence-corrected chi connectivity index (χ3v) is 5.77. The van der Waals surface area contributed by atoms with Crippen LogP contribution in [-0.4, -0.2) is 40.5 Å². The molecule has 160 valence electrons. The molecule has 4 atom stereocenters. The first-order valence-electron chi connectivity index (χ1n) is 9.87. The fourth-order valence-corrected chi connectivity index (χ4v) is 4.36. The van der Waals surface area contributed by atoms with Crippen molar-refractivity contribution in [2.45, 2.75) is 19.1 Å². The summed E-state index contributed by atoms with van der Waals surface area (Å²) in [5.74, 6) is 2.33.